The van der Waals surface area contributed by atoms with Crippen LogP contribution in [0.15, 0.2) is 11.4 Å². The van der Waals surface area contributed by atoms with Crippen molar-refractivity contribution < 1.29 is 13.2 Å². The maximum Gasteiger partial charge on any atom is 0.434 e. The summed E-state index contributed by atoms with van der Waals surface area (Å²) >= 11 is 1.18. The van der Waals surface area contributed by atoms with Crippen molar-refractivity contribution in [3.8, 4) is 0 Å². The van der Waals surface area contributed by atoms with Crippen molar-refractivity contribution in [2.75, 3.05) is 6.26 Å². The molecule has 0 saturated heterocycles. The van der Waals surface area contributed by atoms with Gasteiger partial charge in [0.15, 0.2) is 10.9 Å². The lowest BCUT2D eigenvalue weighted by Crippen LogP contribution is -2.04. The minimum Gasteiger partial charge on any atom is -0.328 e. The van der Waals surface area contributed by atoms with Gasteiger partial charge >= 0.3 is 6.18 Å². The topological polar surface area (TPSA) is 17.8 Å². The van der Waals surface area contributed by atoms with E-state index in [0.717, 1.165) is 6.20 Å². The van der Waals surface area contributed by atoms with Crippen LogP contribution in [-0.4, -0.2) is 15.8 Å². The maximum absolute atomic E-state index is 12.0. The number of thioether (sulfide) groups is 1. The van der Waals surface area contributed by atoms with E-state index in [-0.39, 0.29) is 0 Å². The summed E-state index contributed by atoms with van der Waals surface area (Å²) in [7, 11) is 1.54. The number of hydrogen-bond acceptors (Lipinski definition) is 2. The van der Waals surface area contributed by atoms with Crippen molar-refractivity contribution >= 4 is 11.8 Å². The van der Waals surface area contributed by atoms with Crippen LogP contribution in [-0.2, 0) is 13.2 Å². The molecule has 1 aromatic rings. The molecule has 68 valence electrons. The van der Waals surface area contributed by atoms with E-state index >= 15 is 0 Å². The molecule has 6 heteroatoms. The lowest BCUT2D eigenvalue weighted by atomic mass is 10.5. The van der Waals surface area contributed by atoms with Crippen LogP contribution in [0.3, 0.4) is 0 Å². The fraction of sp³-hybridized carbons (Fsp3) is 0.500. The minimum absolute atomic E-state index is 0.363. The summed E-state index contributed by atoms with van der Waals surface area (Å²) in [4.78, 5) is 3.40. The van der Waals surface area contributed by atoms with Crippen LogP contribution in [0.2, 0.25) is 0 Å². The van der Waals surface area contributed by atoms with Gasteiger partial charge in [0.05, 0.1) is 0 Å². The molecule has 0 N–H and O–H groups in total. The van der Waals surface area contributed by atoms with E-state index in [1.54, 1.807) is 6.26 Å². The van der Waals surface area contributed by atoms with E-state index < -0.39 is 11.9 Å². The molecule has 0 aliphatic rings. The van der Waals surface area contributed by atoms with E-state index in [4.69, 9.17) is 0 Å². The predicted molar refractivity (Wildman–Crippen MR) is 40.0 cm³/mol. The van der Waals surface area contributed by atoms with Crippen molar-refractivity contribution in [1.82, 2.24) is 9.55 Å². The maximum atomic E-state index is 12.0. The summed E-state index contributed by atoms with van der Waals surface area (Å²) in [5.74, 6) is 0. The molecule has 0 saturated carbocycles. The first-order valence-electron chi connectivity index (χ1n) is 3.09. The normalized spacial score (nSPS) is 12.1. The molecule has 0 bridgehead atoms. The summed E-state index contributed by atoms with van der Waals surface area (Å²) in [6.45, 7) is 0. The second-order valence-corrected chi connectivity index (χ2v) is 2.99. The molecule has 1 heterocycles. The second-order valence-electron chi connectivity index (χ2n) is 2.22. The Morgan fingerprint density at radius 1 is 1.50 bits per heavy atom. The number of imidazole rings is 1. The number of nitrogens with zero attached hydrogens (tertiary/aromatic N) is 2. The zero-order chi connectivity index (χ0) is 9.35. The van der Waals surface area contributed by atoms with Crippen molar-refractivity contribution in [3.63, 3.8) is 0 Å². The Labute approximate surface area is 71.8 Å². The Hall–Kier alpha value is -0.650. The van der Waals surface area contributed by atoms with Gasteiger partial charge in [-0.15, -0.1) is 0 Å². The SMILES string of the molecule is CSc1nc(C(F)(F)F)cn1C. The van der Waals surface area contributed by atoms with Crippen LogP contribution in [0.1, 0.15) is 5.69 Å². The third kappa shape index (κ3) is 1.74. The monoisotopic (exact) mass is 196 g/mol. The molecule has 2 nitrogen and oxygen atoms in total. The number of aryl methyl sites for hydroxylation is 1. The first-order chi connectivity index (χ1) is 5.45. The number of halogens is 3. The summed E-state index contributed by atoms with van der Waals surface area (Å²) in [5.41, 5.74) is -0.839. The Morgan fingerprint density at radius 3 is 2.33 bits per heavy atom. The van der Waals surface area contributed by atoms with Crippen LogP contribution < -0.4 is 0 Å². The van der Waals surface area contributed by atoms with Crippen LogP contribution in [0.5, 0.6) is 0 Å². The molecule has 0 amide bonds. The van der Waals surface area contributed by atoms with Gasteiger partial charge in [0.25, 0.3) is 0 Å². The first-order valence-corrected chi connectivity index (χ1v) is 4.32. The zero-order valence-electron chi connectivity index (χ0n) is 6.51. The molecule has 0 radical (unpaired) electrons. The molecule has 1 aromatic heterocycles. The van der Waals surface area contributed by atoms with E-state index in [2.05, 4.69) is 4.98 Å². The van der Waals surface area contributed by atoms with Gasteiger partial charge in [-0.1, -0.05) is 11.8 Å². The average Bonchev–Trinajstić information content (AvgIpc) is 2.29. The quantitative estimate of drug-likeness (QED) is 0.640. The molecule has 0 aliphatic heterocycles. The van der Waals surface area contributed by atoms with Gasteiger partial charge in [-0.25, -0.2) is 4.98 Å². The third-order valence-electron chi connectivity index (χ3n) is 1.31. The zero-order valence-corrected chi connectivity index (χ0v) is 7.33. The molecule has 12 heavy (non-hydrogen) atoms. The highest BCUT2D eigenvalue weighted by Gasteiger charge is 2.34. The van der Waals surface area contributed by atoms with Gasteiger partial charge in [-0.3, -0.25) is 0 Å². The van der Waals surface area contributed by atoms with Crippen LogP contribution in [0.4, 0.5) is 13.2 Å². The van der Waals surface area contributed by atoms with E-state index in [1.807, 2.05) is 0 Å². The van der Waals surface area contributed by atoms with Crippen LogP contribution in [0.25, 0.3) is 0 Å². The largest absolute Gasteiger partial charge is 0.434 e. The Kier molecular flexibility index (Phi) is 2.36. The third-order valence-corrected chi connectivity index (χ3v) is 2.05. The van der Waals surface area contributed by atoms with Crippen molar-refractivity contribution in [2.24, 2.45) is 7.05 Å². The van der Waals surface area contributed by atoms with Crippen molar-refractivity contribution in [3.05, 3.63) is 11.9 Å². The molecule has 1 rings (SSSR count). The number of hydrogen-bond donors (Lipinski definition) is 0. The molecule has 0 aromatic carbocycles. The fourth-order valence-corrected chi connectivity index (χ4v) is 1.31. The van der Waals surface area contributed by atoms with Gasteiger partial charge in [0.1, 0.15) is 0 Å². The Bertz CT molecular complexity index is 279. The summed E-state index contributed by atoms with van der Waals surface area (Å²) in [6.07, 6.45) is -1.68. The van der Waals surface area contributed by atoms with E-state index in [9.17, 15) is 13.2 Å². The van der Waals surface area contributed by atoms with Gasteiger partial charge in [-0.2, -0.15) is 13.2 Å². The summed E-state index contributed by atoms with van der Waals surface area (Å²) in [6, 6.07) is 0. The van der Waals surface area contributed by atoms with Crippen molar-refractivity contribution in [1.29, 1.82) is 0 Å². The molecule has 0 atom stereocenters. The van der Waals surface area contributed by atoms with E-state index in [1.165, 1.54) is 23.4 Å². The molecule has 0 spiro atoms. The summed E-state index contributed by atoms with van der Waals surface area (Å²) < 4.78 is 37.5. The average molecular weight is 196 g/mol. The highest BCUT2D eigenvalue weighted by atomic mass is 32.2. The Morgan fingerprint density at radius 2 is 2.08 bits per heavy atom. The fourth-order valence-electron chi connectivity index (χ4n) is 0.776. The predicted octanol–water partition coefficient (Wildman–Crippen LogP) is 2.16. The lowest BCUT2D eigenvalue weighted by Gasteiger charge is -1.98. The van der Waals surface area contributed by atoms with Gasteiger partial charge in [0.2, 0.25) is 0 Å². The highest BCUT2D eigenvalue weighted by molar-refractivity contribution is 7.98. The summed E-state index contributed by atoms with van der Waals surface area (Å²) in [5, 5.41) is 0.363. The number of alkyl halides is 3. The van der Waals surface area contributed by atoms with Crippen LogP contribution in [0, 0.1) is 0 Å². The molecule has 0 aliphatic carbocycles. The van der Waals surface area contributed by atoms with E-state index in [0.29, 0.717) is 5.16 Å². The van der Waals surface area contributed by atoms with Gasteiger partial charge in [0, 0.05) is 13.2 Å². The van der Waals surface area contributed by atoms with Crippen LogP contribution >= 0.6 is 11.8 Å². The van der Waals surface area contributed by atoms with Gasteiger partial charge < -0.3 is 4.57 Å². The first kappa shape index (κ1) is 9.44. The van der Waals surface area contributed by atoms with Crippen molar-refractivity contribution in [2.45, 2.75) is 11.3 Å². The molecule has 0 unspecified atom stereocenters. The number of rotatable bonds is 1. The van der Waals surface area contributed by atoms with Gasteiger partial charge in [-0.05, 0) is 6.26 Å². The lowest BCUT2D eigenvalue weighted by molar-refractivity contribution is -0.141. The highest BCUT2D eigenvalue weighted by Crippen LogP contribution is 2.29. The minimum atomic E-state index is -4.34. The smallest absolute Gasteiger partial charge is 0.328 e. The number of aromatic nitrogens is 2. The standard InChI is InChI=1S/C6H7F3N2S/c1-11-3-4(6(7,8)9)10-5(11)12-2/h3H,1-2H3. The molecular weight excluding hydrogens is 189 g/mol. The second kappa shape index (κ2) is 3.01. The Balaban J connectivity index is 3.05. The molecular formula is C6H7F3N2S. The molecule has 0 fully saturated rings.